The van der Waals surface area contributed by atoms with Crippen LogP contribution < -0.4 is 5.73 Å². The number of carbonyl (C=O) groups is 1. The van der Waals surface area contributed by atoms with Crippen molar-refractivity contribution >= 4 is 5.91 Å². The SMILES string of the molecule is CCCC(N)CN1CCC(CCC)CCC1=O. The molecular weight excluding hydrogens is 212 g/mol. The van der Waals surface area contributed by atoms with E-state index in [-0.39, 0.29) is 6.04 Å². The van der Waals surface area contributed by atoms with Crippen LogP contribution in [0.3, 0.4) is 0 Å². The van der Waals surface area contributed by atoms with E-state index in [1.54, 1.807) is 0 Å². The second-order valence-corrected chi connectivity index (χ2v) is 5.37. The summed E-state index contributed by atoms with van der Waals surface area (Å²) in [4.78, 5) is 14.0. The number of hydrogen-bond donors (Lipinski definition) is 1. The van der Waals surface area contributed by atoms with Crippen molar-refractivity contribution in [2.45, 2.75) is 64.8 Å². The summed E-state index contributed by atoms with van der Waals surface area (Å²) >= 11 is 0. The Morgan fingerprint density at radius 1 is 1.35 bits per heavy atom. The van der Waals surface area contributed by atoms with Gasteiger partial charge in [-0.15, -0.1) is 0 Å². The zero-order valence-electron chi connectivity index (χ0n) is 11.5. The first-order valence-corrected chi connectivity index (χ1v) is 7.20. The Kier molecular flexibility index (Phi) is 6.56. The summed E-state index contributed by atoms with van der Waals surface area (Å²) in [6.07, 6.45) is 7.58. The van der Waals surface area contributed by atoms with E-state index in [1.165, 1.54) is 19.3 Å². The van der Waals surface area contributed by atoms with Gasteiger partial charge in [-0.3, -0.25) is 4.79 Å². The highest BCUT2D eigenvalue weighted by atomic mass is 16.2. The summed E-state index contributed by atoms with van der Waals surface area (Å²) in [5.74, 6) is 1.06. The number of carbonyl (C=O) groups excluding carboxylic acids is 1. The van der Waals surface area contributed by atoms with E-state index in [0.717, 1.165) is 44.7 Å². The average molecular weight is 240 g/mol. The van der Waals surface area contributed by atoms with Crippen molar-refractivity contribution in [2.24, 2.45) is 11.7 Å². The molecular formula is C14H28N2O. The lowest BCUT2D eigenvalue weighted by Crippen LogP contribution is -2.40. The highest BCUT2D eigenvalue weighted by Crippen LogP contribution is 2.22. The van der Waals surface area contributed by atoms with Crippen molar-refractivity contribution in [1.82, 2.24) is 4.90 Å². The maximum Gasteiger partial charge on any atom is 0.222 e. The van der Waals surface area contributed by atoms with Gasteiger partial charge in [-0.2, -0.15) is 0 Å². The standard InChI is InChI=1S/C14H28N2O/c1-3-5-12-7-8-14(17)16(10-9-12)11-13(15)6-4-2/h12-13H,3-11,15H2,1-2H3. The molecule has 1 heterocycles. The molecule has 0 aromatic heterocycles. The first kappa shape index (κ1) is 14.5. The molecule has 0 saturated carbocycles. The van der Waals surface area contributed by atoms with E-state index in [0.29, 0.717) is 5.91 Å². The van der Waals surface area contributed by atoms with Crippen LogP contribution in [-0.2, 0) is 4.79 Å². The van der Waals surface area contributed by atoms with Crippen molar-refractivity contribution in [3.63, 3.8) is 0 Å². The Hall–Kier alpha value is -0.570. The molecule has 1 rings (SSSR count). The second kappa shape index (κ2) is 7.70. The lowest BCUT2D eigenvalue weighted by Gasteiger charge is -2.24. The molecule has 1 saturated heterocycles. The third-order valence-corrected chi connectivity index (χ3v) is 3.74. The van der Waals surface area contributed by atoms with Crippen LogP contribution in [0.5, 0.6) is 0 Å². The smallest absolute Gasteiger partial charge is 0.222 e. The van der Waals surface area contributed by atoms with Crippen LogP contribution in [0.25, 0.3) is 0 Å². The van der Waals surface area contributed by atoms with Crippen molar-refractivity contribution in [1.29, 1.82) is 0 Å². The van der Waals surface area contributed by atoms with Gasteiger partial charge in [-0.25, -0.2) is 0 Å². The van der Waals surface area contributed by atoms with E-state index in [2.05, 4.69) is 13.8 Å². The second-order valence-electron chi connectivity index (χ2n) is 5.37. The molecule has 0 bridgehead atoms. The van der Waals surface area contributed by atoms with Gasteiger partial charge in [0, 0.05) is 25.6 Å². The topological polar surface area (TPSA) is 46.3 Å². The van der Waals surface area contributed by atoms with Gasteiger partial charge in [0.25, 0.3) is 0 Å². The molecule has 2 atom stereocenters. The zero-order valence-corrected chi connectivity index (χ0v) is 11.5. The molecule has 3 heteroatoms. The maximum atomic E-state index is 12.0. The average Bonchev–Trinajstić information content (AvgIpc) is 2.45. The summed E-state index contributed by atoms with van der Waals surface area (Å²) in [6, 6.07) is 0.159. The van der Waals surface area contributed by atoms with E-state index in [9.17, 15) is 4.79 Å². The molecule has 1 aliphatic rings. The van der Waals surface area contributed by atoms with Crippen molar-refractivity contribution < 1.29 is 4.79 Å². The van der Waals surface area contributed by atoms with Crippen LogP contribution in [0, 0.1) is 5.92 Å². The third-order valence-electron chi connectivity index (χ3n) is 3.74. The summed E-state index contributed by atoms with van der Waals surface area (Å²) in [5.41, 5.74) is 6.03. The lowest BCUT2D eigenvalue weighted by molar-refractivity contribution is -0.130. The summed E-state index contributed by atoms with van der Waals surface area (Å²) in [5, 5.41) is 0. The molecule has 0 radical (unpaired) electrons. The minimum absolute atomic E-state index is 0.159. The van der Waals surface area contributed by atoms with Crippen LogP contribution in [0.15, 0.2) is 0 Å². The van der Waals surface area contributed by atoms with Crippen LogP contribution in [0.2, 0.25) is 0 Å². The fraction of sp³-hybridized carbons (Fsp3) is 0.929. The number of hydrogen-bond acceptors (Lipinski definition) is 2. The lowest BCUT2D eigenvalue weighted by atomic mass is 9.96. The Labute approximate surface area is 106 Å². The van der Waals surface area contributed by atoms with Crippen LogP contribution in [0.4, 0.5) is 0 Å². The maximum absolute atomic E-state index is 12.0. The van der Waals surface area contributed by atoms with Crippen molar-refractivity contribution in [3.8, 4) is 0 Å². The van der Waals surface area contributed by atoms with E-state index >= 15 is 0 Å². The third kappa shape index (κ3) is 5.07. The predicted molar refractivity (Wildman–Crippen MR) is 71.7 cm³/mol. The molecule has 1 fully saturated rings. The first-order chi connectivity index (χ1) is 8.17. The minimum atomic E-state index is 0.159. The van der Waals surface area contributed by atoms with Gasteiger partial charge in [-0.1, -0.05) is 33.1 Å². The van der Waals surface area contributed by atoms with E-state index < -0.39 is 0 Å². The van der Waals surface area contributed by atoms with Crippen molar-refractivity contribution in [3.05, 3.63) is 0 Å². The van der Waals surface area contributed by atoms with E-state index in [1.807, 2.05) is 4.90 Å². The normalized spacial score (nSPS) is 23.6. The van der Waals surface area contributed by atoms with Crippen molar-refractivity contribution in [2.75, 3.05) is 13.1 Å². The van der Waals surface area contributed by atoms with Gasteiger partial charge in [0.05, 0.1) is 0 Å². The number of rotatable bonds is 6. The minimum Gasteiger partial charge on any atom is -0.341 e. The molecule has 0 aliphatic carbocycles. The van der Waals surface area contributed by atoms with Crippen LogP contribution in [0.1, 0.15) is 58.8 Å². The molecule has 0 aromatic rings. The summed E-state index contributed by atoms with van der Waals surface area (Å²) in [7, 11) is 0. The number of nitrogens with two attached hydrogens (primary N) is 1. The number of amides is 1. The molecule has 1 amide bonds. The van der Waals surface area contributed by atoms with Gasteiger partial charge in [0.1, 0.15) is 0 Å². The molecule has 0 spiro atoms. The highest BCUT2D eigenvalue weighted by Gasteiger charge is 2.22. The Morgan fingerprint density at radius 3 is 2.76 bits per heavy atom. The van der Waals surface area contributed by atoms with Gasteiger partial charge in [0.15, 0.2) is 0 Å². The van der Waals surface area contributed by atoms with Gasteiger partial charge in [0.2, 0.25) is 5.91 Å². The molecule has 17 heavy (non-hydrogen) atoms. The molecule has 2 unspecified atom stereocenters. The largest absolute Gasteiger partial charge is 0.341 e. The van der Waals surface area contributed by atoms with Gasteiger partial charge < -0.3 is 10.6 Å². The molecule has 0 aromatic carbocycles. The summed E-state index contributed by atoms with van der Waals surface area (Å²) < 4.78 is 0. The summed E-state index contributed by atoms with van der Waals surface area (Å²) in [6.45, 7) is 6.04. The van der Waals surface area contributed by atoms with Crippen LogP contribution >= 0.6 is 0 Å². The first-order valence-electron chi connectivity index (χ1n) is 7.20. The molecule has 2 N–H and O–H groups in total. The number of likely N-dealkylation sites (tertiary alicyclic amines) is 1. The van der Waals surface area contributed by atoms with Gasteiger partial charge >= 0.3 is 0 Å². The number of nitrogens with zero attached hydrogens (tertiary/aromatic N) is 1. The van der Waals surface area contributed by atoms with Gasteiger partial charge in [-0.05, 0) is 25.2 Å². The quantitative estimate of drug-likeness (QED) is 0.775. The molecule has 1 aliphatic heterocycles. The Bertz CT molecular complexity index is 230. The Balaban J connectivity index is 2.41. The zero-order chi connectivity index (χ0) is 12.7. The monoisotopic (exact) mass is 240 g/mol. The molecule has 3 nitrogen and oxygen atoms in total. The Morgan fingerprint density at radius 2 is 2.12 bits per heavy atom. The van der Waals surface area contributed by atoms with Crippen LogP contribution in [-0.4, -0.2) is 29.9 Å². The molecule has 100 valence electrons. The predicted octanol–water partition coefficient (Wildman–Crippen LogP) is 2.54. The van der Waals surface area contributed by atoms with E-state index in [4.69, 9.17) is 5.73 Å². The highest BCUT2D eigenvalue weighted by molar-refractivity contribution is 5.76. The fourth-order valence-electron chi connectivity index (χ4n) is 2.73. The fourth-order valence-corrected chi connectivity index (χ4v) is 2.73.